The first-order chi connectivity index (χ1) is 6.69. The number of nitrogens with zero attached hydrogens (tertiary/aromatic N) is 2. The average molecular weight is 198 g/mol. The quantitative estimate of drug-likeness (QED) is 0.693. The molecule has 0 saturated carbocycles. The number of methoxy groups -OCH3 is 2. The van der Waals surface area contributed by atoms with E-state index in [1.54, 1.807) is 14.0 Å². The van der Waals surface area contributed by atoms with E-state index >= 15 is 0 Å². The Morgan fingerprint density at radius 2 is 2.21 bits per heavy atom. The molecule has 5 heteroatoms. The molecule has 0 atom stereocenters. The first-order valence-electron chi connectivity index (χ1n) is 4.30. The summed E-state index contributed by atoms with van der Waals surface area (Å²) in [6, 6.07) is 1.80. The fraction of sp³-hybridized carbons (Fsp3) is 0.556. The van der Waals surface area contributed by atoms with Crippen molar-refractivity contribution in [3.8, 4) is 6.01 Å². The fourth-order valence-electron chi connectivity index (χ4n) is 1.14. The van der Waals surface area contributed by atoms with E-state index in [0.29, 0.717) is 24.9 Å². The largest absolute Gasteiger partial charge is 0.468 e. The van der Waals surface area contributed by atoms with Gasteiger partial charge in [-0.25, -0.2) is 4.98 Å². The second-order valence-electron chi connectivity index (χ2n) is 2.87. The van der Waals surface area contributed by atoms with Gasteiger partial charge < -0.3 is 9.47 Å². The highest BCUT2D eigenvalue weighted by Gasteiger charge is 2.06. The van der Waals surface area contributed by atoms with Crippen LogP contribution in [0.4, 0.5) is 0 Å². The second kappa shape index (κ2) is 4.76. The summed E-state index contributed by atoms with van der Waals surface area (Å²) in [6.07, 6.45) is 0. The Morgan fingerprint density at radius 3 is 2.79 bits per heavy atom. The number of aromatic nitrogens is 2. The van der Waals surface area contributed by atoms with Crippen LogP contribution in [0, 0.1) is 6.92 Å². The molecule has 0 aliphatic heterocycles. The Morgan fingerprint density at radius 1 is 1.50 bits per heavy atom. The van der Waals surface area contributed by atoms with Crippen LogP contribution in [0.15, 0.2) is 10.9 Å². The number of aryl methyl sites for hydroxylation is 1. The first-order valence-corrected chi connectivity index (χ1v) is 4.30. The molecule has 0 bridgehead atoms. The summed E-state index contributed by atoms with van der Waals surface area (Å²) in [6.45, 7) is 2.66. The number of rotatable bonds is 4. The van der Waals surface area contributed by atoms with E-state index in [-0.39, 0.29) is 5.56 Å². The monoisotopic (exact) mass is 198 g/mol. The molecule has 0 aliphatic carbocycles. The van der Waals surface area contributed by atoms with Crippen LogP contribution in [-0.4, -0.2) is 30.4 Å². The van der Waals surface area contributed by atoms with Crippen LogP contribution < -0.4 is 10.3 Å². The third-order valence-electron chi connectivity index (χ3n) is 1.80. The average Bonchev–Trinajstić information content (AvgIpc) is 2.15. The van der Waals surface area contributed by atoms with Crippen molar-refractivity contribution in [2.24, 2.45) is 0 Å². The Kier molecular flexibility index (Phi) is 3.64. The topological polar surface area (TPSA) is 53.4 Å². The highest BCUT2D eigenvalue weighted by molar-refractivity contribution is 5.06. The standard InChI is InChI=1S/C9H14N2O3/c1-7-6-8(12)11(4-5-13-2)9(10-7)14-3/h6H,4-5H2,1-3H3. The molecule has 5 nitrogen and oxygen atoms in total. The molecule has 1 aromatic heterocycles. The summed E-state index contributed by atoms with van der Waals surface area (Å²) in [4.78, 5) is 15.6. The smallest absolute Gasteiger partial charge is 0.299 e. The van der Waals surface area contributed by atoms with E-state index in [9.17, 15) is 4.79 Å². The molecule has 78 valence electrons. The van der Waals surface area contributed by atoms with Crippen LogP contribution in [0.1, 0.15) is 5.69 Å². The molecule has 0 amide bonds. The van der Waals surface area contributed by atoms with E-state index in [1.807, 2.05) is 0 Å². The lowest BCUT2D eigenvalue weighted by Gasteiger charge is -2.09. The normalized spacial score (nSPS) is 10.2. The molecule has 0 spiro atoms. The van der Waals surface area contributed by atoms with Gasteiger partial charge in [0.15, 0.2) is 0 Å². The predicted octanol–water partition coefficient (Wildman–Crippen LogP) is 0.207. The van der Waals surface area contributed by atoms with Gasteiger partial charge in [0.05, 0.1) is 20.3 Å². The van der Waals surface area contributed by atoms with Gasteiger partial charge >= 0.3 is 0 Å². The lowest BCUT2D eigenvalue weighted by Crippen LogP contribution is -2.24. The maximum Gasteiger partial charge on any atom is 0.299 e. The van der Waals surface area contributed by atoms with Gasteiger partial charge in [-0.1, -0.05) is 0 Å². The third-order valence-corrected chi connectivity index (χ3v) is 1.80. The maximum absolute atomic E-state index is 11.5. The zero-order valence-corrected chi connectivity index (χ0v) is 8.61. The summed E-state index contributed by atoms with van der Waals surface area (Å²) in [5.41, 5.74) is 0.534. The molecule has 1 heterocycles. The summed E-state index contributed by atoms with van der Waals surface area (Å²) >= 11 is 0. The van der Waals surface area contributed by atoms with Gasteiger partial charge in [-0.05, 0) is 6.92 Å². The molecule has 14 heavy (non-hydrogen) atoms. The highest BCUT2D eigenvalue weighted by atomic mass is 16.5. The van der Waals surface area contributed by atoms with Gasteiger partial charge in [-0.2, -0.15) is 0 Å². The Balaban J connectivity index is 3.06. The summed E-state index contributed by atoms with van der Waals surface area (Å²) in [7, 11) is 3.07. The van der Waals surface area contributed by atoms with Gasteiger partial charge in [0.25, 0.3) is 11.6 Å². The van der Waals surface area contributed by atoms with Crippen molar-refractivity contribution in [1.29, 1.82) is 0 Å². The molecule has 0 unspecified atom stereocenters. The minimum absolute atomic E-state index is 0.119. The molecule has 0 aliphatic rings. The van der Waals surface area contributed by atoms with Gasteiger partial charge in [0.2, 0.25) is 0 Å². The van der Waals surface area contributed by atoms with Gasteiger partial charge in [0, 0.05) is 18.9 Å². The molecule has 0 radical (unpaired) electrons. The Hall–Kier alpha value is -1.36. The second-order valence-corrected chi connectivity index (χ2v) is 2.87. The summed E-state index contributed by atoms with van der Waals surface area (Å²) in [5, 5.41) is 0. The number of ether oxygens (including phenoxy) is 2. The molecule has 1 aromatic rings. The van der Waals surface area contributed by atoms with Crippen molar-refractivity contribution in [2.45, 2.75) is 13.5 Å². The zero-order chi connectivity index (χ0) is 10.6. The molecule has 0 saturated heterocycles. The number of hydrogen-bond acceptors (Lipinski definition) is 4. The molecule has 0 N–H and O–H groups in total. The molecule has 1 rings (SSSR count). The summed E-state index contributed by atoms with van der Waals surface area (Å²) < 4.78 is 11.3. The van der Waals surface area contributed by atoms with Crippen LogP contribution in [0.2, 0.25) is 0 Å². The predicted molar refractivity (Wildman–Crippen MR) is 51.7 cm³/mol. The van der Waals surface area contributed by atoms with Crippen LogP contribution in [0.3, 0.4) is 0 Å². The van der Waals surface area contributed by atoms with E-state index < -0.39 is 0 Å². The summed E-state index contributed by atoms with van der Waals surface area (Å²) in [5.74, 6) is 0. The third kappa shape index (κ3) is 2.32. The molecule has 0 fully saturated rings. The molecular weight excluding hydrogens is 184 g/mol. The minimum Gasteiger partial charge on any atom is -0.468 e. The van der Waals surface area contributed by atoms with E-state index in [0.717, 1.165) is 0 Å². The molecule has 0 aromatic carbocycles. The van der Waals surface area contributed by atoms with Crippen molar-refractivity contribution < 1.29 is 9.47 Å². The zero-order valence-electron chi connectivity index (χ0n) is 8.61. The van der Waals surface area contributed by atoms with Crippen LogP contribution >= 0.6 is 0 Å². The lowest BCUT2D eigenvalue weighted by atomic mass is 10.4. The van der Waals surface area contributed by atoms with Crippen molar-refractivity contribution in [2.75, 3.05) is 20.8 Å². The van der Waals surface area contributed by atoms with Gasteiger partial charge in [-0.3, -0.25) is 9.36 Å². The van der Waals surface area contributed by atoms with Crippen molar-refractivity contribution in [3.05, 3.63) is 22.1 Å². The first kappa shape index (κ1) is 10.7. The van der Waals surface area contributed by atoms with E-state index in [4.69, 9.17) is 9.47 Å². The van der Waals surface area contributed by atoms with Gasteiger partial charge in [0.1, 0.15) is 0 Å². The van der Waals surface area contributed by atoms with Crippen molar-refractivity contribution in [3.63, 3.8) is 0 Å². The SMILES string of the molecule is COCCn1c(OC)nc(C)cc1=O. The molecular formula is C9H14N2O3. The van der Waals surface area contributed by atoms with E-state index in [2.05, 4.69) is 4.98 Å². The highest BCUT2D eigenvalue weighted by Crippen LogP contribution is 2.03. The maximum atomic E-state index is 11.5. The lowest BCUT2D eigenvalue weighted by molar-refractivity contribution is 0.180. The number of hydrogen-bond donors (Lipinski definition) is 0. The van der Waals surface area contributed by atoms with Gasteiger partial charge in [-0.15, -0.1) is 0 Å². The van der Waals surface area contributed by atoms with Crippen LogP contribution in [-0.2, 0) is 11.3 Å². The van der Waals surface area contributed by atoms with Crippen LogP contribution in [0.25, 0.3) is 0 Å². The van der Waals surface area contributed by atoms with Crippen molar-refractivity contribution in [1.82, 2.24) is 9.55 Å². The Labute approximate surface area is 82.3 Å². The van der Waals surface area contributed by atoms with Crippen molar-refractivity contribution >= 4 is 0 Å². The van der Waals surface area contributed by atoms with E-state index in [1.165, 1.54) is 17.7 Å². The fourth-order valence-corrected chi connectivity index (χ4v) is 1.14. The minimum atomic E-state index is -0.119. The van der Waals surface area contributed by atoms with Crippen LogP contribution in [0.5, 0.6) is 6.01 Å². The Bertz CT molecular complexity index is 360.